The fourth-order valence-corrected chi connectivity index (χ4v) is 5.10. The van der Waals surface area contributed by atoms with Gasteiger partial charge < -0.3 is 4.42 Å². The molecular weight excluding hydrogens is 430 g/mol. The first-order chi connectivity index (χ1) is 16.9. The molecule has 174 valence electrons. The molecule has 0 aliphatic carbocycles. The molecule has 0 amide bonds. The molecule has 4 nitrogen and oxygen atoms in total. The Balaban J connectivity index is 1.68. The third-order valence-electron chi connectivity index (χ3n) is 6.86. The van der Waals surface area contributed by atoms with Crippen LogP contribution < -0.4 is 0 Å². The average molecular weight is 460 g/mol. The summed E-state index contributed by atoms with van der Waals surface area (Å²) in [6.45, 7) is 11.0. The van der Waals surface area contributed by atoms with Crippen LogP contribution in [0.1, 0.15) is 56.4 Å². The smallest absolute Gasteiger partial charge is 0.227 e. The highest BCUT2D eigenvalue weighted by Gasteiger charge is 2.22. The third kappa shape index (κ3) is 3.44. The van der Waals surface area contributed by atoms with E-state index in [2.05, 4.69) is 104 Å². The molecule has 6 rings (SSSR count). The predicted octanol–water partition coefficient (Wildman–Crippen LogP) is 8.54. The van der Waals surface area contributed by atoms with Gasteiger partial charge in [-0.3, -0.25) is 4.57 Å². The first-order valence-corrected chi connectivity index (χ1v) is 12.3. The molecule has 0 spiro atoms. The Hall–Kier alpha value is -3.92. The summed E-state index contributed by atoms with van der Waals surface area (Å²) < 4.78 is 8.54. The molecule has 0 fully saturated rings. The molecular formula is C31H29N3O. The van der Waals surface area contributed by atoms with Gasteiger partial charge in [-0.1, -0.05) is 64.1 Å². The van der Waals surface area contributed by atoms with Crippen molar-refractivity contribution in [2.24, 2.45) is 0 Å². The molecule has 0 unspecified atom stereocenters. The summed E-state index contributed by atoms with van der Waals surface area (Å²) in [7, 11) is 0. The Morgan fingerprint density at radius 1 is 0.743 bits per heavy atom. The Kier molecular flexibility index (Phi) is 4.99. The summed E-state index contributed by atoms with van der Waals surface area (Å²) >= 11 is 0. The second kappa shape index (κ2) is 8.09. The first-order valence-electron chi connectivity index (χ1n) is 12.3. The molecule has 4 heteroatoms. The lowest BCUT2D eigenvalue weighted by atomic mass is 9.92. The number of hydrogen-bond acceptors (Lipinski definition) is 3. The van der Waals surface area contributed by atoms with Crippen LogP contribution in [-0.4, -0.2) is 14.5 Å². The Morgan fingerprint density at radius 3 is 2.20 bits per heavy atom. The maximum atomic E-state index is 6.19. The molecule has 0 saturated carbocycles. The van der Waals surface area contributed by atoms with Crippen LogP contribution in [0.2, 0.25) is 0 Å². The largest absolute Gasteiger partial charge is 0.438 e. The highest BCUT2D eigenvalue weighted by Crippen LogP contribution is 2.38. The van der Waals surface area contributed by atoms with E-state index < -0.39 is 0 Å². The summed E-state index contributed by atoms with van der Waals surface area (Å²) in [5, 5.41) is 2.11. The van der Waals surface area contributed by atoms with Crippen LogP contribution in [0.4, 0.5) is 0 Å². The lowest BCUT2D eigenvalue weighted by Crippen LogP contribution is -2.08. The van der Waals surface area contributed by atoms with Crippen LogP contribution in [0.25, 0.3) is 50.2 Å². The van der Waals surface area contributed by atoms with Gasteiger partial charge in [-0.15, -0.1) is 0 Å². The van der Waals surface area contributed by atoms with Crippen molar-refractivity contribution in [3.63, 3.8) is 0 Å². The van der Waals surface area contributed by atoms with Gasteiger partial charge >= 0.3 is 0 Å². The molecule has 0 atom stereocenters. The monoisotopic (exact) mass is 459 g/mol. The molecule has 0 radical (unpaired) electrons. The molecule has 0 N–H and O–H groups in total. The van der Waals surface area contributed by atoms with Crippen LogP contribution >= 0.6 is 0 Å². The highest BCUT2D eigenvalue weighted by molar-refractivity contribution is 6.04. The minimum absolute atomic E-state index is 0.380. The second-order valence-electron chi connectivity index (χ2n) is 9.97. The summed E-state index contributed by atoms with van der Waals surface area (Å²) in [4.78, 5) is 9.73. The zero-order valence-electron chi connectivity index (χ0n) is 20.8. The van der Waals surface area contributed by atoms with E-state index in [0.29, 0.717) is 17.5 Å². The van der Waals surface area contributed by atoms with Gasteiger partial charge in [-0.05, 0) is 66.3 Å². The maximum absolute atomic E-state index is 6.19. The Bertz CT molecular complexity index is 1690. The topological polar surface area (TPSA) is 43.9 Å². The number of para-hydroxylation sites is 3. The van der Waals surface area contributed by atoms with E-state index in [1.807, 2.05) is 13.0 Å². The van der Waals surface area contributed by atoms with E-state index >= 15 is 0 Å². The van der Waals surface area contributed by atoms with Crippen molar-refractivity contribution in [1.82, 2.24) is 14.5 Å². The third-order valence-corrected chi connectivity index (χ3v) is 6.86. The van der Waals surface area contributed by atoms with Gasteiger partial charge in [0.25, 0.3) is 0 Å². The Labute approximate surface area is 205 Å². The van der Waals surface area contributed by atoms with Gasteiger partial charge in [0, 0.05) is 22.0 Å². The van der Waals surface area contributed by atoms with Gasteiger partial charge in [-0.2, -0.15) is 0 Å². The molecule has 0 bridgehead atoms. The number of nitrogens with zero attached hydrogens (tertiary/aromatic N) is 3. The molecule has 0 aliphatic heterocycles. The lowest BCUT2D eigenvalue weighted by molar-refractivity contribution is 0.652. The van der Waals surface area contributed by atoms with Crippen molar-refractivity contribution in [3.05, 3.63) is 89.6 Å². The number of aryl methyl sites for hydroxylation is 1. The zero-order chi connectivity index (χ0) is 24.3. The van der Waals surface area contributed by atoms with E-state index in [0.717, 1.165) is 44.5 Å². The number of pyridine rings is 1. The zero-order valence-corrected chi connectivity index (χ0v) is 20.8. The standard InChI is InChI=1S/C31H29N3O/c1-18(2)22-9-8-10-23(19(3)4)29(22)34-27-12-7-6-11-26(27)33-30(34)21-14-16-24-25-15-13-20(5)32-31(25)35-28(24)17-21/h6-19H,1-5H3. The van der Waals surface area contributed by atoms with Crippen LogP contribution in [0.5, 0.6) is 0 Å². The quantitative estimate of drug-likeness (QED) is 0.265. The average Bonchev–Trinajstić information content (AvgIpc) is 3.40. The van der Waals surface area contributed by atoms with E-state index in [1.165, 1.54) is 16.8 Å². The summed E-state index contributed by atoms with van der Waals surface area (Å²) in [5.74, 6) is 1.68. The normalized spacial score (nSPS) is 12.1. The van der Waals surface area contributed by atoms with Crippen LogP contribution in [0.15, 0.2) is 77.2 Å². The summed E-state index contributed by atoms with van der Waals surface area (Å²) in [6.07, 6.45) is 0. The predicted molar refractivity (Wildman–Crippen MR) is 144 cm³/mol. The van der Waals surface area contributed by atoms with Gasteiger partial charge in [0.05, 0.1) is 16.7 Å². The molecule has 3 aromatic heterocycles. The van der Waals surface area contributed by atoms with Crippen molar-refractivity contribution >= 4 is 33.1 Å². The fraction of sp³-hybridized carbons (Fsp3) is 0.226. The summed E-state index contributed by atoms with van der Waals surface area (Å²) in [5.41, 5.74) is 9.46. The van der Waals surface area contributed by atoms with Crippen LogP contribution in [0, 0.1) is 6.92 Å². The maximum Gasteiger partial charge on any atom is 0.227 e. The number of imidazole rings is 1. The molecule has 3 heterocycles. The number of rotatable bonds is 4. The molecule has 35 heavy (non-hydrogen) atoms. The minimum atomic E-state index is 0.380. The van der Waals surface area contributed by atoms with Gasteiger partial charge in [0.15, 0.2) is 0 Å². The molecule has 0 aliphatic rings. The van der Waals surface area contributed by atoms with Crippen LogP contribution in [-0.2, 0) is 0 Å². The van der Waals surface area contributed by atoms with E-state index in [4.69, 9.17) is 9.40 Å². The number of fused-ring (bicyclic) bond motifs is 4. The first kappa shape index (κ1) is 21.6. The van der Waals surface area contributed by atoms with Crippen LogP contribution in [0.3, 0.4) is 0 Å². The molecule has 0 saturated heterocycles. The fourth-order valence-electron chi connectivity index (χ4n) is 5.10. The van der Waals surface area contributed by atoms with Crippen molar-refractivity contribution in [2.45, 2.75) is 46.5 Å². The van der Waals surface area contributed by atoms with Crippen molar-refractivity contribution in [2.75, 3.05) is 0 Å². The van der Waals surface area contributed by atoms with Crippen molar-refractivity contribution < 1.29 is 4.42 Å². The van der Waals surface area contributed by atoms with Gasteiger partial charge in [0.2, 0.25) is 5.71 Å². The number of hydrogen-bond donors (Lipinski definition) is 0. The van der Waals surface area contributed by atoms with Crippen molar-refractivity contribution in [1.29, 1.82) is 0 Å². The highest BCUT2D eigenvalue weighted by atomic mass is 16.3. The lowest BCUT2D eigenvalue weighted by Gasteiger charge is -2.22. The second-order valence-corrected chi connectivity index (χ2v) is 9.97. The van der Waals surface area contributed by atoms with E-state index in [-0.39, 0.29) is 0 Å². The summed E-state index contributed by atoms with van der Waals surface area (Å²) in [6, 6.07) is 25.6. The van der Waals surface area contributed by atoms with E-state index in [9.17, 15) is 0 Å². The number of aromatic nitrogens is 3. The SMILES string of the molecule is Cc1ccc2c(n1)oc1cc(-c3nc4ccccc4n3-c3c(C(C)C)cccc3C(C)C)ccc12. The van der Waals surface area contributed by atoms with Gasteiger partial charge in [0.1, 0.15) is 11.4 Å². The molecule has 3 aromatic carbocycles. The number of benzene rings is 3. The Morgan fingerprint density at radius 2 is 1.46 bits per heavy atom. The van der Waals surface area contributed by atoms with E-state index in [1.54, 1.807) is 0 Å². The number of furan rings is 1. The molecule has 6 aromatic rings. The van der Waals surface area contributed by atoms with Crippen molar-refractivity contribution in [3.8, 4) is 17.1 Å². The van der Waals surface area contributed by atoms with Gasteiger partial charge in [-0.25, -0.2) is 9.97 Å². The minimum Gasteiger partial charge on any atom is -0.438 e.